The molecular weight excluding hydrogens is 503 g/mol. The quantitative estimate of drug-likeness (QED) is 0.500. The number of amides is 2. The van der Waals surface area contributed by atoms with Crippen molar-refractivity contribution in [1.29, 1.82) is 0 Å². The van der Waals surface area contributed by atoms with Gasteiger partial charge in [0.1, 0.15) is 17.6 Å². The first-order chi connectivity index (χ1) is 18.2. The number of hydrogen-bond acceptors (Lipinski definition) is 7. The Morgan fingerprint density at radius 2 is 1.76 bits per heavy atom. The van der Waals surface area contributed by atoms with Gasteiger partial charge in [-0.25, -0.2) is 0 Å². The number of halogens is 3. The maximum absolute atomic E-state index is 12.8. The molecule has 1 aromatic heterocycles. The SMILES string of the molecule is O=C(Nc1ccc(O[C@@H]2CCN(C(=O)c3cccc(OC(F)(F)F)c3)C2)cc1)C1CN(c2cccnn2)C1. The molecular formula is C26H24F3N5O4. The first-order valence-electron chi connectivity index (χ1n) is 12.0. The zero-order chi connectivity index (χ0) is 26.7. The second-order valence-corrected chi connectivity index (χ2v) is 9.05. The minimum absolute atomic E-state index is 0.0755. The zero-order valence-electron chi connectivity index (χ0n) is 20.1. The van der Waals surface area contributed by atoms with Gasteiger partial charge in [-0.15, -0.1) is 18.3 Å². The highest BCUT2D eigenvalue weighted by Crippen LogP contribution is 2.27. The normalized spacial score (nSPS) is 17.6. The highest BCUT2D eigenvalue weighted by molar-refractivity contribution is 5.95. The Labute approximate surface area is 216 Å². The number of alkyl halides is 3. The van der Waals surface area contributed by atoms with E-state index >= 15 is 0 Å². The number of ether oxygens (including phenoxy) is 2. The molecule has 0 bridgehead atoms. The largest absolute Gasteiger partial charge is 0.573 e. The molecule has 1 N–H and O–H groups in total. The van der Waals surface area contributed by atoms with E-state index in [4.69, 9.17) is 4.74 Å². The predicted molar refractivity (Wildman–Crippen MR) is 131 cm³/mol. The standard InChI is InChI=1S/C26H24F3N5O4/c27-26(28,29)38-21-4-1-3-17(13-21)25(36)33-12-10-22(16-33)37-20-8-6-19(7-9-20)31-24(35)18-14-34(15-18)23-5-2-11-30-32-23/h1-9,11,13,18,22H,10,12,14-16H2,(H,31,35)/t22-/m1/s1. The summed E-state index contributed by atoms with van der Waals surface area (Å²) in [5.41, 5.74) is 0.753. The number of rotatable bonds is 7. The van der Waals surface area contributed by atoms with E-state index in [0.717, 1.165) is 18.0 Å². The molecule has 0 radical (unpaired) electrons. The number of benzene rings is 2. The van der Waals surface area contributed by atoms with Crippen LogP contribution in [0.15, 0.2) is 66.9 Å². The third-order valence-corrected chi connectivity index (χ3v) is 6.31. The lowest BCUT2D eigenvalue weighted by Gasteiger charge is -2.38. The molecule has 0 saturated carbocycles. The molecule has 2 aliphatic rings. The summed E-state index contributed by atoms with van der Waals surface area (Å²) in [6, 6.07) is 15.6. The molecule has 3 heterocycles. The topological polar surface area (TPSA) is 96.9 Å². The molecule has 12 heteroatoms. The minimum Gasteiger partial charge on any atom is -0.489 e. The highest BCUT2D eigenvalue weighted by Gasteiger charge is 2.34. The Hall–Kier alpha value is -4.35. The molecule has 2 aromatic carbocycles. The number of carbonyl (C=O) groups is 2. The molecule has 0 spiro atoms. The second kappa shape index (κ2) is 10.6. The Balaban J connectivity index is 1.09. The molecule has 2 amide bonds. The summed E-state index contributed by atoms with van der Waals surface area (Å²) in [5.74, 6) is 0.275. The molecule has 198 valence electrons. The van der Waals surface area contributed by atoms with Crippen LogP contribution in [0.2, 0.25) is 0 Å². The maximum Gasteiger partial charge on any atom is 0.573 e. The summed E-state index contributed by atoms with van der Waals surface area (Å²) < 4.78 is 47.4. The third kappa shape index (κ3) is 6.13. The van der Waals surface area contributed by atoms with Crippen molar-refractivity contribution in [1.82, 2.24) is 15.1 Å². The van der Waals surface area contributed by atoms with E-state index in [-0.39, 0.29) is 23.5 Å². The molecule has 2 fully saturated rings. The van der Waals surface area contributed by atoms with E-state index in [1.807, 2.05) is 11.0 Å². The second-order valence-electron chi connectivity index (χ2n) is 9.05. The van der Waals surface area contributed by atoms with Crippen LogP contribution in [0.5, 0.6) is 11.5 Å². The van der Waals surface area contributed by atoms with Crippen molar-refractivity contribution < 1.29 is 32.2 Å². The van der Waals surface area contributed by atoms with E-state index in [9.17, 15) is 22.8 Å². The maximum atomic E-state index is 12.8. The molecule has 38 heavy (non-hydrogen) atoms. The molecule has 5 rings (SSSR count). The van der Waals surface area contributed by atoms with Gasteiger partial charge in [-0.05, 0) is 54.6 Å². The Kier molecular flexibility index (Phi) is 7.03. The van der Waals surface area contributed by atoms with E-state index < -0.39 is 18.0 Å². The van der Waals surface area contributed by atoms with Gasteiger partial charge in [0, 0.05) is 43.5 Å². The molecule has 3 aromatic rings. The first kappa shape index (κ1) is 25.3. The van der Waals surface area contributed by atoms with Crippen molar-refractivity contribution in [3.8, 4) is 11.5 Å². The monoisotopic (exact) mass is 527 g/mol. The summed E-state index contributed by atoms with van der Waals surface area (Å²) in [7, 11) is 0. The number of carbonyl (C=O) groups excluding carboxylic acids is 2. The Morgan fingerprint density at radius 3 is 2.47 bits per heavy atom. The van der Waals surface area contributed by atoms with Crippen LogP contribution in [0.4, 0.5) is 24.7 Å². The summed E-state index contributed by atoms with van der Waals surface area (Å²) in [6.45, 7) is 1.85. The van der Waals surface area contributed by atoms with Gasteiger partial charge >= 0.3 is 6.36 Å². The van der Waals surface area contributed by atoms with Gasteiger partial charge < -0.3 is 24.6 Å². The van der Waals surface area contributed by atoms with Gasteiger partial charge in [0.15, 0.2) is 5.82 Å². The van der Waals surface area contributed by atoms with Gasteiger partial charge in [0.2, 0.25) is 5.91 Å². The van der Waals surface area contributed by atoms with Gasteiger partial charge in [0.05, 0.1) is 12.5 Å². The average Bonchev–Trinajstić information content (AvgIpc) is 3.32. The molecule has 2 aliphatic heterocycles. The van der Waals surface area contributed by atoms with Crippen LogP contribution in [-0.4, -0.2) is 65.6 Å². The fourth-order valence-electron chi connectivity index (χ4n) is 4.36. The number of nitrogens with zero attached hydrogens (tertiary/aromatic N) is 4. The van der Waals surface area contributed by atoms with E-state index in [1.165, 1.54) is 17.0 Å². The van der Waals surface area contributed by atoms with Crippen molar-refractivity contribution in [2.45, 2.75) is 18.9 Å². The Bertz CT molecular complexity index is 1280. The van der Waals surface area contributed by atoms with Crippen LogP contribution in [0.25, 0.3) is 0 Å². The lowest BCUT2D eigenvalue weighted by molar-refractivity contribution is -0.274. The van der Waals surface area contributed by atoms with Crippen molar-refractivity contribution in [3.05, 3.63) is 72.4 Å². The van der Waals surface area contributed by atoms with Gasteiger partial charge in [-0.1, -0.05) is 6.07 Å². The number of likely N-dealkylation sites (tertiary alicyclic amines) is 1. The summed E-state index contributed by atoms with van der Waals surface area (Å²) in [4.78, 5) is 28.8. The Morgan fingerprint density at radius 1 is 0.974 bits per heavy atom. The number of aromatic nitrogens is 2. The third-order valence-electron chi connectivity index (χ3n) is 6.31. The summed E-state index contributed by atoms with van der Waals surface area (Å²) >= 11 is 0. The predicted octanol–water partition coefficient (Wildman–Crippen LogP) is 3.74. The summed E-state index contributed by atoms with van der Waals surface area (Å²) in [5, 5.41) is 10.8. The smallest absolute Gasteiger partial charge is 0.489 e. The van der Waals surface area contributed by atoms with Crippen LogP contribution in [0.1, 0.15) is 16.8 Å². The zero-order valence-corrected chi connectivity index (χ0v) is 20.1. The fraction of sp³-hybridized carbons (Fsp3) is 0.308. The molecule has 9 nitrogen and oxygen atoms in total. The van der Waals surface area contributed by atoms with Crippen LogP contribution in [-0.2, 0) is 4.79 Å². The van der Waals surface area contributed by atoms with E-state index in [2.05, 4.69) is 20.3 Å². The summed E-state index contributed by atoms with van der Waals surface area (Å²) in [6.07, 6.45) is -2.92. The van der Waals surface area contributed by atoms with Gasteiger partial charge in [-0.2, -0.15) is 5.10 Å². The molecule has 2 saturated heterocycles. The molecule has 0 aliphatic carbocycles. The highest BCUT2D eigenvalue weighted by atomic mass is 19.4. The van der Waals surface area contributed by atoms with Crippen molar-refractivity contribution >= 4 is 23.3 Å². The lowest BCUT2D eigenvalue weighted by atomic mass is 9.99. The van der Waals surface area contributed by atoms with E-state index in [0.29, 0.717) is 44.0 Å². The van der Waals surface area contributed by atoms with Crippen LogP contribution < -0.4 is 19.7 Å². The number of nitrogens with one attached hydrogen (secondary N) is 1. The average molecular weight is 528 g/mol. The fourth-order valence-corrected chi connectivity index (χ4v) is 4.36. The number of anilines is 2. The van der Waals surface area contributed by atoms with Crippen LogP contribution in [0.3, 0.4) is 0 Å². The van der Waals surface area contributed by atoms with Gasteiger partial charge in [-0.3, -0.25) is 9.59 Å². The first-order valence-corrected chi connectivity index (χ1v) is 12.0. The van der Waals surface area contributed by atoms with Crippen LogP contribution >= 0.6 is 0 Å². The van der Waals surface area contributed by atoms with Crippen molar-refractivity contribution in [2.24, 2.45) is 5.92 Å². The number of hydrogen-bond donors (Lipinski definition) is 1. The van der Waals surface area contributed by atoms with E-state index in [1.54, 1.807) is 36.5 Å². The minimum atomic E-state index is -4.83. The lowest BCUT2D eigenvalue weighted by Crippen LogP contribution is -2.52. The molecule has 1 atom stereocenters. The van der Waals surface area contributed by atoms with Crippen LogP contribution in [0, 0.1) is 5.92 Å². The van der Waals surface area contributed by atoms with Crippen molar-refractivity contribution in [3.63, 3.8) is 0 Å². The van der Waals surface area contributed by atoms with Gasteiger partial charge in [0.25, 0.3) is 5.91 Å². The molecule has 0 unspecified atom stereocenters. The van der Waals surface area contributed by atoms with Crippen molar-refractivity contribution in [2.75, 3.05) is 36.4 Å².